The minimum Gasteiger partial charge on any atom is -0.335 e. The molecule has 0 amide bonds. The summed E-state index contributed by atoms with van der Waals surface area (Å²) in [4.78, 5) is 24.7. The van der Waals surface area contributed by atoms with Gasteiger partial charge in [-0.2, -0.15) is 0 Å². The Kier molecular flexibility index (Phi) is 3.16. The molecule has 1 aromatic carbocycles. The van der Waals surface area contributed by atoms with Gasteiger partial charge in [0, 0.05) is 24.2 Å². The van der Waals surface area contributed by atoms with Crippen LogP contribution in [-0.4, -0.2) is 25.3 Å². The summed E-state index contributed by atoms with van der Waals surface area (Å²) in [5, 5.41) is 0. The lowest BCUT2D eigenvalue weighted by atomic mass is 9.86. The molecule has 0 atom stereocenters. The molecule has 0 spiro atoms. The Morgan fingerprint density at radius 2 is 1.95 bits per heavy atom. The van der Waals surface area contributed by atoms with Crippen LogP contribution < -0.4 is 0 Å². The van der Waals surface area contributed by atoms with Crippen LogP contribution >= 0.6 is 0 Å². The third-order valence-electron chi connectivity index (χ3n) is 3.63. The molecule has 22 heavy (non-hydrogen) atoms. The maximum atomic E-state index is 12.4. The van der Waals surface area contributed by atoms with E-state index in [1.165, 1.54) is 0 Å². The van der Waals surface area contributed by atoms with Crippen molar-refractivity contribution in [3.8, 4) is 11.6 Å². The van der Waals surface area contributed by atoms with E-state index in [1.54, 1.807) is 0 Å². The van der Waals surface area contributed by atoms with E-state index in [0.29, 0.717) is 11.4 Å². The van der Waals surface area contributed by atoms with E-state index in [0.717, 1.165) is 22.6 Å². The molecule has 0 saturated carbocycles. The fourth-order valence-corrected chi connectivity index (χ4v) is 2.53. The van der Waals surface area contributed by atoms with Crippen molar-refractivity contribution >= 4 is 16.8 Å². The van der Waals surface area contributed by atoms with E-state index >= 15 is 0 Å². The van der Waals surface area contributed by atoms with Crippen LogP contribution in [0.25, 0.3) is 22.7 Å². The molecule has 5 heteroatoms. The summed E-state index contributed by atoms with van der Waals surface area (Å²) in [6.45, 7) is 7.73. The number of Topliss-reactive ketones (excluding diaryl/α,β-unsaturated/α-hetero) is 1. The summed E-state index contributed by atoms with van der Waals surface area (Å²) in [6.07, 6.45) is 1.96. The van der Waals surface area contributed by atoms with Crippen molar-refractivity contribution in [3.05, 3.63) is 35.7 Å². The average molecular weight is 296 g/mol. The number of carbonyl (C=O) groups is 1. The Hall–Kier alpha value is -2.43. The second kappa shape index (κ2) is 4.80. The Balaban J connectivity index is 2.08. The van der Waals surface area contributed by atoms with Gasteiger partial charge in [-0.3, -0.25) is 4.79 Å². The van der Waals surface area contributed by atoms with Crippen molar-refractivity contribution in [3.63, 3.8) is 0 Å². The monoisotopic (exact) mass is 296 g/mol. The van der Waals surface area contributed by atoms with Gasteiger partial charge in [-0.25, -0.2) is 9.97 Å². The van der Waals surface area contributed by atoms with Gasteiger partial charge in [0.25, 0.3) is 0 Å². The number of rotatable bonds is 2. The largest absolute Gasteiger partial charge is 0.335 e. The van der Waals surface area contributed by atoms with Crippen molar-refractivity contribution in [2.24, 2.45) is 12.5 Å². The van der Waals surface area contributed by atoms with Crippen LogP contribution in [0.15, 0.2) is 24.4 Å². The van der Waals surface area contributed by atoms with Crippen LogP contribution in [0.5, 0.6) is 0 Å². The quantitative estimate of drug-likeness (QED) is 0.736. The number of hydrogen-bond acceptors (Lipinski definition) is 3. The van der Waals surface area contributed by atoms with Crippen molar-refractivity contribution in [2.45, 2.75) is 27.7 Å². The van der Waals surface area contributed by atoms with E-state index in [2.05, 4.69) is 15.0 Å². The zero-order valence-electron chi connectivity index (χ0n) is 13.6. The molecule has 2 aromatic heterocycles. The number of H-pyrrole nitrogens is 1. The summed E-state index contributed by atoms with van der Waals surface area (Å²) < 4.78 is 1.94. The van der Waals surface area contributed by atoms with Gasteiger partial charge in [-0.15, -0.1) is 0 Å². The summed E-state index contributed by atoms with van der Waals surface area (Å²) in [7, 11) is 1.94. The Morgan fingerprint density at radius 1 is 1.23 bits per heavy atom. The van der Waals surface area contributed by atoms with Crippen LogP contribution in [0.2, 0.25) is 0 Å². The number of aromatic amines is 1. The first-order valence-electron chi connectivity index (χ1n) is 7.30. The minimum absolute atomic E-state index is 0.124. The average Bonchev–Trinajstić information content (AvgIpc) is 2.98. The number of benzene rings is 1. The highest BCUT2D eigenvalue weighted by Gasteiger charge is 2.23. The number of imidazole rings is 2. The van der Waals surface area contributed by atoms with Gasteiger partial charge in [-0.1, -0.05) is 20.8 Å². The van der Waals surface area contributed by atoms with Crippen LogP contribution in [-0.2, 0) is 7.05 Å². The van der Waals surface area contributed by atoms with Crippen molar-refractivity contribution in [2.75, 3.05) is 0 Å². The molecule has 3 aromatic rings. The van der Waals surface area contributed by atoms with E-state index < -0.39 is 5.41 Å². The molecule has 5 nitrogen and oxygen atoms in total. The predicted molar refractivity (Wildman–Crippen MR) is 86.8 cm³/mol. The number of nitrogens with zero attached hydrogens (tertiary/aromatic N) is 3. The first-order valence-corrected chi connectivity index (χ1v) is 7.30. The summed E-state index contributed by atoms with van der Waals surface area (Å²) in [6, 6.07) is 5.59. The van der Waals surface area contributed by atoms with Crippen LogP contribution in [0, 0.1) is 12.3 Å². The molecule has 0 unspecified atom stereocenters. The van der Waals surface area contributed by atoms with Crippen LogP contribution in [0.4, 0.5) is 0 Å². The SMILES string of the molecule is Cc1cn(C)c(-c2nc3ccc(C(=O)C(C)(C)C)cc3[nH]2)n1. The Bertz CT molecular complexity index is 865. The van der Waals surface area contributed by atoms with Gasteiger partial charge in [0.2, 0.25) is 0 Å². The van der Waals surface area contributed by atoms with Crippen LogP contribution in [0.3, 0.4) is 0 Å². The molecule has 0 aliphatic carbocycles. The maximum Gasteiger partial charge on any atom is 0.176 e. The highest BCUT2D eigenvalue weighted by Crippen LogP contribution is 2.25. The maximum absolute atomic E-state index is 12.4. The second-order valence-electron chi connectivity index (χ2n) is 6.71. The molecule has 0 bridgehead atoms. The van der Waals surface area contributed by atoms with E-state index in [9.17, 15) is 4.79 Å². The van der Waals surface area contributed by atoms with Gasteiger partial charge >= 0.3 is 0 Å². The third kappa shape index (κ3) is 2.43. The molecule has 0 aliphatic rings. The number of aryl methyl sites for hydroxylation is 2. The highest BCUT2D eigenvalue weighted by molar-refractivity contribution is 6.02. The standard InChI is InChI=1S/C17H20N4O/c1-10-9-21(5)16(18-10)15-19-12-7-6-11(8-13(12)20-15)14(22)17(2,3)4/h6-9H,1-5H3,(H,19,20). The topological polar surface area (TPSA) is 63.6 Å². The first kappa shape index (κ1) is 14.5. The highest BCUT2D eigenvalue weighted by atomic mass is 16.1. The second-order valence-corrected chi connectivity index (χ2v) is 6.71. The number of aromatic nitrogens is 4. The van der Waals surface area contributed by atoms with Gasteiger partial charge in [-0.05, 0) is 25.1 Å². The van der Waals surface area contributed by atoms with Crippen molar-refractivity contribution in [1.29, 1.82) is 0 Å². The number of nitrogens with one attached hydrogen (secondary N) is 1. The summed E-state index contributed by atoms with van der Waals surface area (Å²) in [5.41, 5.74) is 2.94. The van der Waals surface area contributed by atoms with Gasteiger partial charge < -0.3 is 9.55 Å². The molecular formula is C17H20N4O. The molecule has 0 fully saturated rings. The van der Waals surface area contributed by atoms with Crippen LogP contribution in [0.1, 0.15) is 36.8 Å². The fourth-order valence-electron chi connectivity index (χ4n) is 2.53. The Labute approximate surface area is 129 Å². The normalized spacial score (nSPS) is 12.0. The van der Waals surface area contributed by atoms with E-state index in [1.807, 2.05) is 63.7 Å². The summed E-state index contributed by atoms with van der Waals surface area (Å²) in [5.74, 6) is 1.63. The van der Waals surface area contributed by atoms with E-state index in [4.69, 9.17) is 0 Å². The number of carbonyl (C=O) groups excluding carboxylic acids is 1. The van der Waals surface area contributed by atoms with Gasteiger partial charge in [0.15, 0.2) is 17.4 Å². The lowest BCUT2D eigenvalue weighted by molar-refractivity contribution is 0.0858. The minimum atomic E-state index is -0.396. The van der Waals surface area contributed by atoms with E-state index in [-0.39, 0.29) is 5.78 Å². The van der Waals surface area contributed by atoms with Gasteiger partial charge in [0.05, 0.1) is 16.7 Å². The fraction of sp³-hybridized carbons (Fsp3) is 0.353. The zero-order valence-corrected chi connectivity index (χ0v) is 13.6. The molecule has 1 N–H and O–H groups in total. The zero-order chi connectivity index (χ0) is 16.1. The molecule has 0 aliphatic heterocycles. The number of ketones is 1. The first-order chi connectivity index (χ1) is 10.3. The number of fused-ring (bicyclic) bond motifs is 1. The Morgan fingerprint density at radius 3 is 2.55 bits per heavy atom. The third-order valence-corrected chi connectivity index (χ3v) is 3.63. The summed E-state index contributed by atoms with van der Waals surface area (Å²) >= 11 is 0. The molecule has 0 radical (unpaired) electrons. The molecular weight excluding hydrogens is 276 g/mol. The van der Waals surface area contributed by atoms with Crippen molar-refractivity contribution < 1.29 is 4.79 Å². The lowest BCUT2D eigenvalue weighted by Crippen LogP contribution is -2.19. The molecule has 3 rings (SSSR count). The smallest absolute Gasteiger partial charge is 0.176 e. The van der Waals surface area contributed by atoms with Gasteiger partial charge in [0.1, 0.15) is 0 Å². The molecule has 2 heterocycles. The molecule has 0 saturated heterocycles. The number of hydrogen-bond donors (Lipinski definition) is 1. The predicted octanol–water partition coefficient (Wildman–Crippen LogP) is 3.50. The molecule has 114 valence electrons. The van der Waals surface area contributed by atoms with Crippen molar-refractivity contribution in [1.82, 2.24) is 19.5 Å². The lowest BCUT2D eigenvalue weighted by Gasteiger charge is -2.16.